The fraction of sp³-hybridized carbons (Fsp3) is 0.619. The standard InChI is InChI=1S/C21H31NO4/c1-18(24)26-21(17-23)12-9-19-7-10-20(11-8-19)25-16-6-15-22-13-4-2-3-5-14-22/h7-8,10-11,17,21H,2-6,9,12-16H2,1H3. The molecule has 1 saturated heterocycles. The van der Waals surface area contributed by atoms with Crippen LogP contribution in [-0.4, -0.2) is 49.5 Å². The minimum atomic E-state index is -0.664. The summed E-state index contributed by atoms with van der Waals surface area (Å²) in [6.45, 7) is 5.61. The van der Waals surface area contributed by atoms with Crippen LogP contribution < -0.4 is 4.74 Å². The smallest absolute Gasteiger partial charge is 0.303 e. The molecule has 0 bridgehead atoms. The van der Waals surface area contributed by atoms with E-state index in [9.17, 15) is 9.59 Å². The molecule has 0 radical (unpaired) electrons. The maximum absolute atomic E-state index is 10.9. The monoisotopic (exact) mass is 361 g/mol. The zero-order chi connectivity index (χ0) is 18.6. The molecule has 1 aromatic rings. The van der Waals surface area contributed by atoms with E-state index in [1.165, 1.54) is 45.7 Å². The van der Waals surface area contributed by atoms with E-state index < -0.39 is 12.1 Å². The van der Waals surface area contributed by atoms with E-state index >= 15 is 0 Å². The molecule has 1 heterocycles. The summed E-state index contributed by atoms with van der Waals surface area (Å²) in [7, 11) is 0. The molecule has 1 atom stereocenters. The molecule has 0 aromatic heterocycles. The molecule has 1 fully saturated rings. The second-order valence-electron chi connectivity index (χ2n) is 6.92. The Labute approximate surface area is 156 Å². The first-order chi connectivity index (χ1) is 12.7. The Bertz CT molecular complexity index is 535. The van der Waals surface area contributed by atoms with Gasteiger partial charge in [-0.15, -0.1) is 0 Å². The van der Waals surface area contributed by atoms with Gasteiger partial charge in [0.15, 0.2) is 12.4 Å². The summed E-state index contributed by atoms with van der Waals surface area (Å²) < 4.78 is 10.8. The lowest BCUT2D eigenvalue weighted by molar-refractivity contribution is -0.149. The van der Waals surface area contributed by atoms with Crippen LogP contribution in [-0.2, 0) is 20.7 Å². The highest BCUT2D eigenvalue weighted by atomic mass is 16.5. The number of carbonyl (C=O) groups is 2. The van der Waals surface area contributed by atoms with Crippen molar-refractivity contribution in [2.75, 3.05) is 26.2 Å². The minimum absolute atomic E-state index is 0.425. The zero-order valence-corrected chi connectivity index (χ0v) is 15.8. The summed E-state index contributed by atoms with van der Waals surface area (Å²) in [6.07, 6.45) is 7.64. The summed E-state index contributed by atoms with van der Waals surface area (Å²) >= 11 is 0. The maximum Gasteiger partial charge on any atom is 0.303 e. The van der Waals surface area contributed by atoms with Crippen LogP contribution in [0.1, 0.15) is 51.0 Å². The molecular formula is C21H31NO4. The van der Waals surface area contributed by atoms with Crippen LogP contribution in [0.25, 0.3) is 0 Å². The number of hydrogen-bond acceptors (Lipinski definition) is 5. The Morgan fingerprint density at radius 2 is 1.85 bits per heavy atom. The summed E-state index contributed by atoms with van der Waals surface area (Å²) in [5.41, 5.74) is 1.10. The van der Waals surface area contributed by atoms with Gasteiger partial charge in [-0.3, -0.25) is 9.59 Å². The predicted molar refractivity (Wildman–Crippen MR) is 101 cm³/mol. The van der Waals surface area contributed by atoms with Crippen LogP contribution in [0.5, 0.6) is 5.75 Å². The second kappa shape index (κ2) is 11.7. The van der Waals surface area contributed by atoms with Gasteiger partial charge in [0.1, 0.15) is 5.75 Å². The third kappa shape index (κ3) is 8.00. The maximum atomic E-state index is 10.9. The number of carbonyl (C=O) groups excluding carboxylic acids is 2. The van der Waals surface area contributed by atoms with E-state index in [2.05, 4.69) is 4.90 Å². The number of likely N-dealkylation sites (tertiary alicyclic amines) is 1. The van der Waals surface area contributed by atoms with Gasteiger partial charge in [-0.25, -0.2) is 0 Å². The first-order valence-corrected chi connectivity index (χ1v) is 9.74. The van der Waals surface area contributed by atoms with Crippen LogP contribution in [0.2, 0.25) is 0 Å². The third-order valence-corrected chi connectivity index (χ3v) is 4.70. The van der Waals surface area contributed by atoms with Crippen molar-refractivity contribution < 1.29 is 19.1 Å². The molecule has 26 heavy (non-hydrogen) atoms. The van der Waals surface area contributed by atoms with Gasteiger partial charge in [-0.1, -0.05) is 25.0 Å². The fourth-order valence-corrected chi connectivity index (χ4v) is 3.27. The Kier molecular flexibility index (Phi) is 9.18. The summed E-state index contributed by atoms with van der Waals surface area (Å²) in [5.74, 6) is 0.447. The summed E-state index contributed by atoms with van der Waals surface area (Å²) in [4.78, 5) is 24.4. The largest absolute Gasteiger partial charge is 0.494 e. The molecule has 0 aliphatic carbocycles. The number of nitrogens with zero attached hydrogens (tertiary/aromatic N) is 1. The van der Waals surface area contributed by atoms with Gasteiger partial charge >= 0.3 is 5.97 Å². The molecule has 1 aromatic carbocycles. The van der Waals surface area contributed by atoms with Crippen LogP contribution >= 0.6 is 0 Å². The highest BCUT2D eigenvalue weighted by Crippen LogP contribution is 2.15. The lowest BCUT2D eigenvalue weighted by Gasteiger charge is -2.19. The van der Waals surface area contributed by atoms with Crippen molar-refractivity contribution in [1.82, 2.24) is 4.90 Å². The number of esters is 1. The lowest BCUT2D eigenvalue weighted by atomic mass is 10.1. The van der Waals surface area contributed by atoms with Gasteiger partial charge < -0.3 is 14.4 Å². The fourth-order valence-electron chi connectivity index (χ4n) is 3.27. The highest BCUT2D eigenvalue weighted by molar-refractivity contribution is 5.69. The number of ether oxygens (including phenoxy) is 2. The molecule has 1 unspecified atom stereocenters. The first kappa shape index (κ1) is 20.4. The summed E-state index contributed by atoms with van der Waals surface area (Å²) in [6, 6.07) is 7.92. The SMILES string of the molecule is CC(=O)OC(C=O)CCc1ccc(OCCCN2CCCCCC2)cc1. The molecular weight excluding hydrogens is 330 g/mol. The molecule has 5 nitrogen and oxygen atoms in total. The van der Waals surface area contributed by atoms with Crippen molar-refractivity contribution in [1.29, 1.82) is 0 Å². The van der Waals surface area contributed by atoms with Gasteiger partial charge in [0.25, 0.3) is 0 Å². The molecule has 144 valence electrons. The van der Waals surface area contributed by atoms with Gasteiger partial charge in [0.2, 0.25) is 0 Å². The third-order valence-electron chi connectivity index (χ3n) is 4.70. The molecule has 0 amide bonds. The number of aldehydes is 1. The summed E-state index contributed by atoms with van der Waals surface area (Å²) in [5, 5.41) is 0. The van der Waals surface area contributed by atoms with Gasteiger partial charge in [-0.2, -0.15) is 0 Å². The average molecular weight is 361 g/mol. The van der Waals surface area contributed by atoms with Crippen molar-refractivity contribution >= 4 is 12.3 Å². The van der Waals surface area contributed by atoms with Crippen molar-refractivity contribution in [3.05, 3.63) is 29.8 Å². The van der Waals surface area contributed by atoms with Crippen molar-refractivity contribution in [3.63, 3.8) is 0 Å². The molecule has 1 aliphatic heterocycles. The second-order valence-corrected chi connectivity index (χ2v) is 6.92. The minimum Gasteiger partial charge on any atom is -0.494 e. The predicted octanol–water partition coefficient (Wildman–Crippen LogP) is 3.39. The quantitative estimate of drug-likeness (QED) is 0.363. The topological polar surface area (TPSA) is 55.8 Å². The number of rotatable bonds is 10. The van der Waals surface area contributed by atoms with Crippen LogP contribution in [0.4, 0.5) is 0 Å². The van der Waals surface area contributed by atoms with Crippen LogP contribution in [0.15, 0.2) is 24.3 Å². The highest BCUT2D eigenvalue weighted by Gasteiger charge is 2.11. The van der Waals surface area contributed by atoms with Gasteiger partial charge in [0.05, 0.1) is 6.61 Å². The molecule has 5 heteroatoms. The average Bonchev–Trinajstić information content (AvgIpc) is 2.92. The van der Waals surface area contributed by atoms with Crippen molar-refractivity contribution in [3.8, 4) is 5.75 Å². The Morgan fingerprint density at radius 3 is 2.46 bits per heavy atom. The van der Waals surface area contributed by atoms with Crippen LogP contribution in [0, 0.1) is 0 Å². The molecule has 0 saturated carbocycles. The van der Waals surface area contributed by atoms with E-state index in [-0.39, 0.29) is 0 Å². The Hall–Kier alpha value is -1.88. The lowest BCUT2D eigenvalue weighted by Crippen LogP contribution is -2.26. The number of hydrogen-bond donors (Lipinski definition) is 0. The van der Waals surface area contributed by atoms with Gasteiger partial charge in [0, 0.05) is 13.5 Å². The zero-order valence-electron chi connectivity index (χ0n) is 15.8. The van der Waals surface area contributed by atoms with E-state index in [1.807, 2.05) is 24.3 Å². The van der Waals surface area contributed by atoms with Crippen LogP contribution in [0.3, 0.4) is 0 Å². The normalized spacial score (nSPS) is 16.5. The first-order valence-electron chi connectivity index (χ1n) is 9.74. The molecule has 0 spiro atoms. The van der Waals surface area contributed by atoms with Gasteiger partial charge in [-0.05, 0) is 62.9 Å². The van der Waals surface area contributed by atoms with Crippen molar-refractivity contribution in [2.24, 2.45) is 0 Å². The molecule has 1 aliphatic rings. The van der Waals surface area contributed by atoms with E-state index in [4.69, 9.17) is 9.47 Å². The number of benzene rings is 1. The Morgan fingerprint density at radius 1 is 1.15 bits per heavy atom. The van der Waals surface area contributed by atoms with E-state index in [1.54, 1.807) is 0 Å². The number of aryl methyl sites for hydroxylation is 1. The van der Waals surface area contributed by atoms with E-state index in [0.717, 1.165) is 30.9 Å². The molecule has 2 rings (SSSR count). The Balaban J connectivity index is 1.65. The van der Waals surface area contributed by atoms with E-state index in [0.29, 0.717) is 19.1 Å². The molecule has 0 N–H and O–H groups in total. The van der Waals surface area contributed by atoms with Crippen molar-refractivity contribution in [2.45, 2.75) is 58.0 Å².